The maximum Gasteiger partial charge on any atom is 0.227 e. The van der Waals surface area contributed by atoms with Gasteiger partial charge in [-0.25, -0.2) is 4.39 Å². The molecule has 5 rings (SSSR count). The van der Waals surface area contributed by atoms with E-state index in [0.29, 0.717) is 25.2 Å². The van der Waals surface area contributed by atoms with E-state index >= 15 is 0 Å². The summed E-state index contributed by atoms with van der Waals surface area (Å²) in [5, 5.41) is 0. The van der Waals surface area contributed by atoms with Gasteiger partial charge in [0.05, 0.1) is 6.42 Å². The molecule has 0 spiro atoms. The van der Waals surface area contributed by atoms with E-state index in [1.165, 1.54) is 23.3 Å². The molecule has 2 fully saturated rings. The average molecular weight is 471 g/mol. The van der Waals surface area contributed by atoms with Crippen LogP contribution in [0.1, 0.15) is 29.5 Å². The number of ketones is 1. The number of hydrogen-bond donors (Lipinski definition) is 0. The molecule has 5 heteroatoms. The van der Waals surface area contributed by atoms with Gasteiger partial charge in [0.2, 0.25) is 5.91 Å². The molecule has 2 aliphatic rings. The van der Waals surface area contributed by atoms with Crippen molar-refractivity contribution in [1.82, 2.24) is 4.90 Å². The second-order valence-electron chi connectivity index (χ2n) is 10.0. The standard InChI is InChI=1S/C30H31FN2O2/c1-32(2)27-18-24(31)14-13-21(27)17-29(35)33-19-25-26(20-33)30(16-15-28(25)34,22-9-5-3-6-10-22)23-11-7-4-8-12-23/h3-14,18,25-26H,15-17,19-20H2,1-2H3. The highest BCUT2D eigenvalue weighted by Crippen LogP contribution is 2.52. The molecule has 3 aromatic rings. The van der Waals surface area contributed by atoms with Crippen LogP contribution in [0.4, 0.5) is 10.1 Å². The maximum atomic E-state index is 13.8. The van der Waals surface area contributed by atoms with Crippen LogP contribution in [0, 0.1) is 17.7 Å². The molecule has 1 aliphatic carbocycles. The molecule has 0 N–H and O–H groups in total. The molecule has 1 amide bonds. The first-order chi connectivity index (χ1) is 16.9. The van der Waals surface area contributed by atoms with Crippen molar-refractivity contribution < 1.29 is 14.0 Å². The Morgan fingerprint density at radius 1 is 0.971 bits per heavy atom. The van der Waals surface area contributed by atoms with Crippen LogP contribution < -0.4 is 4.90 Å². The highest BCUT2D eigenvalue weighted by Gasteiger charge is 2.55. The van der Waals surface area contributed by atoms with Gasteiger partial charge in [0, 0.05) is 56.5 Å². The molecular weight excluding hydrogens is 439 g/mol. The maximum absolute atomic E-state index is 13.8. The third kappa shape index (κ3) is 4.13. The summed E-state index contributed by atoms with van der Waals surface area (Å²) in [6, 6.07) is 25.4. The fourth-order valence-electron chi connectivity index (χ4n) is 6.26. The molecule has 1 heterocycles. The molecule has 1 saturated carbocycles. The summed E-state index contributed by atoms with van der Waals surface area (Å²) in [6.45, 7) is 0.986. The lowest BCUT2D eigenvalue weighted by Crippen LogP contribution is -2.47. The lowest BCUT2D eigenvalue weighted by atomic mass is 9.56. The topological polar surface area (TPSA) is 40.6 Å². The summed E-state index contributed by atoms with van der Waals surface area (Å²) in [7, 11) is 3.69. The molecule has 3 aromatic carbocycles. The zero-order chi connectivity index (χ0) is 24.6. The predicted molar refractivity (Wildman–Crippen MR) is 136 cm³/mol. The second-order valence-corrected chi connectivity index (χ2v) is 10.0. The number of halogens is 1. The Kier molecular flexibility index (Phi) is 6.18. The Hall–Kier alpha value is -3.47. The number of carbonyl (C=O) groups is 2. The van der Waals surface area contributed by atoms with Crippen molar-refractivity contribution in [2.45, 2.75) is 24.7 Å². The Bertz CT molecular complexity index is 1190. The molecule has 2 unspecified atom stereocenters. The lowest BCUT2D eigenvalue weighted by Gasteiger charge is -2.45. The molecule has 1 saturated heterocycles. The van der Waals surface area contributed by atoms with Crippen molar-refractivity contribution in [3.8, 4) is 0 Å². The summed E-state index contributed by atoms with van der Waals surface area (Å²) >= 11 is 0. The summed E-state index contributed by atoms with van der Waals surface area (Å²) < 4.78 is 13.8. The molecule has 1 aliphatic heterocycles. The molecule has 0 radical (unpaired) electrons. The van der Waals surface area contributed by atoms with Crippen LogP contribution >= 0.6 is 0 Å². The lowest BCUT2D eigenvalue weighted by molar-refractivity contribution is -0.129. The summed E-state index contributed by atoms with van der Waals surface area (Å²) in [5.74, 6) is -0.257. The van der Waals surface area contributed by atoms with E-state index in [0.717, 1.165) is 12.0 Å². The van der Waals surface area contributed by atoms with Crippen LogP contribution in [0.15, 0.2) is 78.9 Å². The molecule has 0 aromatic heterocycles. The molecule has 180 valence electrons. The largest absolute Gasteiger partial charge is 0.377 e. The van der Waals surface area contributed by atoms with Gasteiger partial charge in [-0.2, -0.15) is 0 Å². The number of fused-ring (bicyclic) bond motifs is 1. The number of amides is 1. The van der Waals surface area contributed by atoms with E-state index in [1.54, 1.807) is 6.07 Å². The van der Waals surface area contributed by atoms with Gasteiger partial charge in [0.25, 0.3) is 0 Å². The first-order valence-electron chi connectivity index (χ1n) is 12.3. The monoisotopic (exact) mass is 470 g/mol. The Balaban J connectivity index is 1.49. The van der Waals surface area contributed by atoms with E-state index in [1.807, 2.05) is 36.0 Å². The number of benzene rings is 3. The fourth-order valence-corrected chi connectivity index (χ4v) is 6.26. The Morgan fingerprint density at radius 3 is 2.20 bits per heavy atom. The third-order valence-corrected chi connectivity index (χ3v) is 7.93. The van der Waals surface area contributed by atoms with Crippen LogP contribution in [0.5, 0.6) is 0 Å². The van der Waals surface area contributed by atoms with Gasteiger partial charge >= 0.3 is 0 Å². The summed E-state index contributed by atoms with van der Waals surface area (Å²) in [4.78, 5) is 30.3. The quantitative estimate of drug-likeness (QED) is 0.535. The zero-order valence-electron chi connectivity index (χ0n) is 20.3. The van der Waals surface area contributed by atoms with Crippen molar-refractivity contribution in [2.24, 2.45) is 11.8 Å². The SMILES string of the molecule is CN(C)c1cc(F)ccc1CC(=O)N1CC2C(=O)CCC(c3ccccc3)(c3ccccc3)C2C1. The number of nitrogens with zero attached hydrogens (tertiary/aromatic N) is 2. The Morgan fingerprint density at radius 2 is 1.60 bits per heavy atom. The van der Waals surface area contributed by atoms with Crippen molar-refractivity contribution >= 4 is 17.4 Å². The zero-order valence-corrected chi connectivity index (χ0v) is 20.3. The smallest absolute Gasteiger partial charge is 0.227 e. The van der Waals surface area contributed by atoms with Gasteiger partial charge in [-0.3, -0.25) is 9.59 Å². The molecular formula is C30H31FN2O2. The predicted octanol–water partition coefficient (Wildman–Crippen LogP) is 4.86. The Labute approximate surface area is 206 Å². The van der Waals surface area contributed by atoms with Gasteiger partial charge in [-0.15, -0.1) is 0 Å². The van der Waals surface area contributed by atoms with Crippen molar-refractivity contribution in [3.63, 3.8) is 0 Å². The normalized spacial score (nSPS) is 21.0. The number of likely N-dealkylation sites (tertiary alicyclic amines) is 1. The van der Waals surface area contributed by atoms with Gasteiger partial charge in [0.1, 0.15) is 11.6 Å². The number of anilines is 1. The first-order valence-corrected chi connectivity index (χ1v) is 12.3. The molecule has 35 heavy (non-hydrogen) atoms. The van der Waals surface area contributed by atoms with Crippen LogP contribution in [0.25, 0.3) is 0 Å². The van der Waals surface area contributed by atoms with Crippen LogP contribution in [-0.2, 0) is 21.4 Å². The molecule has 2 atom stereocenters. The van der Waals surface area contributed by atoms with Crippen molar-refractivity contribution in [3.05, 3.63) is 101 Å². The van der Waals surface area contributed by atoms with Crippen molar-refractivity contribution in [2.75, 3.05) is 32.1 Å². The number of rotatable bonds is 5. The minimum Gasteiger partial charge on any atom is -0.377 e. The second kappa shape index (κ2) is 9.29. The average Bonchev–Trinajstić information content (AvgIpc) is 3.34. The fraction of sp³-hybridized carbons (Fsp3) is 0.333. The van der Waals surface area contributed by atoms with E-state index < -0.39 is 0 Å². The van der Waals surface area contributed by atoms with Gasteiger partial charge in [-0.05, 0) is 35.2 Å². The molecule has 0 bridgehead atoms. The highest BCUT2D eigenvalue weighted by molar-refractivity contribution is 5.87. The minimum atomic E-state index is -0.321. The van der Waals surface area contributed by atoms with Gasteiger partial charge in [-0.1, -0.05) is 66.7 Å². The molecule has 4 nitrogen and oxygen atoms in total. The summed E-state index contributed by atoms with van der Waals surface area (Å²) in [5.41, 5.74) is 3.59. The minimum absolute atomic E-state index is 0.0130. The van der Waals surface area contributed by atoms with Gasteiger partial charge < -0.3 is 9.80 Å². The van der Waals surface area contributed by atoms with Crippen molar-refractivity contribution in [1.29, 1.82) is 0 Å². The van der Waals surface area contributed by atoms with Crippen LogP contribution in [0.3, 0.4) is 0 Å². The van der Waals surface area contributed by atoms with E-state index in [-0.39, 0.29) is 41.2 Å². The number of Topliss-reactive ketones (excluding diaryl/α,β-unsaturated/α-hetero) is 1. The van der Waals surface area contributed by atoms with Crippen LogP contribution in [-0.4, -0.2) is 43.8 Å². The van der Waals surface area contributed by atoms with Crippen LogP contribution in [0.2, 0.25) is 0 Å². The van der Waals surface area contributed by atoms with Gasteiger partial charge in [0.15, 0.2) is 0 Å². The first kappa shape index (κ1) is 23.3. The third-order valence-electron chi connectivity index (χ3n) is 7.93. The number of carbonyl (C=O) groups excluding carboxylic acids is 2. The van der Waals surface area contributed by atoms with E-state index in [9.17, 15) is 14.0 Å². The van der Waals surface area contributed by atoms with E-state index in [4.69, 9.17) is 0 Å². The number of hydrogen-bond acceptors (Lipinski definition) is 3. The van der Waals surface area contributed by atoms with E-state index in [2.05, 4.69) is 48.5 Å². The summed E-state index contributed by atoms with van der Waals surface area (Å²) in [6.07, 6.45) is 1.44. The highest BCUT2D eigenvalue weighted by atomic mass is 19.1.